The summed E-state index contributed by atoms with van der Waals surface area (Å²) in [6, 6.07) is 1.71. The van der Waals surface area contributed by atoms with Crippen LogP contribution in [-0.4, -0.2) is 74.4 Å². The monoisotopic (exact) mass is 440 g/mol. The molecular formula is C19H23F3N6O3. The molecule has 2 aliphatic heterocycles. The van der Waals surface area contributed by atoms with Gasteiger partial charge < -0.3 is 18.8 Å². The van der Waals surface area contributed by atoms with Gasteiger partial charge in [0, 0.05) is 45.5 Å². The predicted molar refractivity (Wildman–Crippen MR) is 102 cm³/mol. The van der Waals surface area contributed by atoms with E-state index in [4.69, 9.17) is 4.74 Å². The van der Waals surface area contributed by atoms with Crippen LogP contribution in [0.3, 0.4) is 0 Å². The molecule has 2 aromatic heterocycles. The lowest BCUT2D eigenvalue weighted by molar-refractivity contribution is -0.147. The molecule has 1 saturated heterocycles. The molecule has 0 atom stereocenters. The zero-order valence-electron chi connectivity index (χ0n) is 17.1. The van der Waals surface area contributed by atoms with Crippen molar-refractivity contribution in [2.45, 2.75) is 32.7 Å². The first kappa shape index (κ1) is 21.5. The van der Waals surface area contributed by atoms with Crippen molar-refractivity contribution < 1.29 is 22.7 Å². The molecule has 0 radical (unpaired) electrons. The number of hydrogen-bond acceptors (Lipinski definition) is 6. The van der Waals surface area contributed by atoms with Crippen molar-refractivity contribution in [2.75, 3.05) is 39.4 Å². The Balaban J connectivity index is 1.52. The van der Waals surface area contributed by atoms with Crippen molar-refractivity contribution in [2.24, 2.45) is 0 Å². The van der Waals surface area contributed by atoms with Crippen LogP contribution in [0.4, 0.5) is 13.2 Å². The van der Waals surface area contributed by atoms with E-state index in [-0.39, 0.29) is 31.0 Å². The highest BCUT2D eigenvalue weighted by molar-refractivity contribution is 5.95. The standard InChI is InChI=1S/C19H23F3N6O3/c1-13-2-3-26(5-4-25-8-10-31-11-9-25)16(29)15(13)17(30)27-6-7-28-14(12-27)23-24-18(28)19(20,21)22/h2-3H,4-12H2,1H3. The van der Waals surface area contributed by atoms with Crippen molar-refractivity contribution in [1.82, 2.24) is 29.1 Å². The number of ether oxygens (including phenoxy) is 1. The van der Waals surface area contributed by atoms with Gasteiger partial charge >= 0.3 is 6.18 Å². The Kier molecular flexibility index (Phi) is 5.84. The zero-order valence-corrected chi connectivity index (χ0v) is 17.1. The normalized spacial score (nSPS) is 17.6. The Morgan fingerprint density at radius 3 is 2.58 bits per heavy atom. The average molecular weight is 440 g/mol. The molecule has 1 amide bonds. The molecule has 4 heterocycles. The summed E-state index contributed by atoms with van der Waals surface area (Å²) < 4.78 is 46.9. The fourth-order valence-electron chi connectivity index (χ4n) is 3.87. The maximum absolute atomic E-state index is 13.1. The number of carbonyl (C=O) groups is 1. The minimum atomic E-state index is -4.61. The van der Waals surface area contributed by atoms with Gasteiger partial charge in [-0.05, 0) is 18.6 Å². The van der Waals surface area contributed by atoms with E-state index in [9.17, 15) is 22.8 Å². The van der Waals surface area contributed by atoms with Crippen LogP contribution >= 0.6 is 0 Å². The molecule has 12 heteroatoms. The minimum absolute atomic E-state index is 0.0356. The number of rotatable bonds is 4. The second-order valence-corrected chi connectivity index (χ2v) is 7.64. The van der Waals surface area contributed by atoms with Gasteiger partial charge in [-0.2, -0.15) is 13.2 Å². The van der Waals surface area contributed by atoms with E-state index in [0.717, 1.165) is 17.7 Å². The van der Waals surface area contributed by atoms with Gasteiger partial charge in [0.15, 0.2) is 5.82 Å². The summed E-state index contributed by atoms with van der Waals surface area (Å²) in [6.07, 6.45) is -2.95. The van der Waals surface area contributed by atoms with Gasteiger partial charge in [0.2, 0.25) is 5.82 Å². The molecule has 0 bridgehead atoms. The molecule has 2 aromatic rings. The topological polar surface area (TPSA) is 85.5 Å². The van der Waals surface area contributed by atoms with Gasteiger partial charge in [-0.15, -0.1) is 10.2 Å². The number of halogens is 3. The summed E-state index contributed by atoms with van der Waals surface area (Å²) in [7, 11) is 0. The van der Waals surface area contributed by atoms with E-state index in [1.807, 2.05) is 0 Å². The summed E-state index contributed by atoms with van der Waals surface area (Å²) in [4.78, 5) is 29.7. The largest absolute Gasteiger partial charge is 0.451 e. The van der Waals surface area contributed by atoms with Crippen molar-refractivity contribution in [1.29, 1.82) is 0 Å². The van der Waals surface area contributed by atoms with Gasteiger partial charge in [0.25, 0.3) is 11.5 Å². The van der Waals surface area contributed by atoms with Gasteiger partial charge in [-0.1, -0.05) is 0 Å². The summed E-state index contributed by atoms with van der Waals surface area (Å²) in [5, 5.41) is 6.82. The van der Waals surface area contributed by atoms with Crippen LogP contribution in [-0.2, 0) is 30.5 Å². The highest BCUT2D eigenvalue weighted by Crippen LogP contribution is 2.29. The van der Waals surface area contributed by atoms with Crippen molar-refractivity contribution in [3.8, 4) is 0 Å². The lowest BCUT2D eigenvalue weighted by Gasteiger charge is -2.29. The third-order valence-corrected chi connectivity index (χ3v) is 5.64. The number of carbonyl (C=O) groups excluding carboxylic acids is 1. The quantitative estimate of drug-likeness (QED) is 0.698. The number of pyridine rings is 1. The lowest BCUT2D eigenvalue weighted by atomic mass is 10.1. The lowest BCUT2D eigenvalue weighted by Crippen LogP contribution is -2.43. The van der Waals surface area contributed by atoms with Crippen LogP contribution in [0.2, 0.25) is 0 Å². The maximum atomic E-state index is 13.1. The molecule has 1 fully saturated rings. The van der Waals surface area contributed by atoms with Gasteiger partial charge in [0.1, 0.15) is 5.56 Å². The van der Waals surface area contributed by atoms with Crippen LogP contribution in [0.5, 0.6) is 0 Å². The summed E-state index contributed by atoms with van der Waals surface area (Å²) in [5.41, 5.74) is 0.162. The van der Waals surface area contributed by atoms with Crippen LogP contribution < -0.4 is 5.56 Å². The minimum Gasteiger partial charge on any atom is -0.379 e. The number of alkyl halides is 3. The van der Waals surface area contributed by atoms with Crippen molar-refractivity contribution in [3.63, 3.8) is 0 Å². The molecular weight excluding hydrogens is 417 g/mol. The molecule has 2 aliphatic rings. The fraction of sp³-hybridized carbons (Fsp3) is 0.579. The van der Waals surface area contributed by atoms with E-state index < -0.39 is 23.5 Å². The number of aryl methyl sites for hydroxylation is 1. The molecule has 0 N–H and O–H groups in total. The molecule has 0 saturated carbocycles. The van der Waals surface area contributed by atoms with E-state index in [2.05, 4.69) is 15.1 Å². The third kappa shape index (κ3) is 4.35. The number of nitrogens with zero attached hydrogens (tertiary/aromatic N) is 6. The first-order chi connectivity index (χ1) is 14.8. The number of fused-ring (bicyclic) bond motifs is 1. The smallest absolute Gasteiger partial charge is 0.379 e. The number of aromatic nitrogens is 4. The van der Waals surface area contributed by atoms with E-state index >= 15 is 0 Å². The Hall–Kier alpha value is -2.73. The van der Waals surface area contributed by atoms with Crippen molar-refractivity contribution in [3.05, 3.63) is 45.4 Å². The van der Waals surface area contributed by atoms with Gasteiger partial charge in [-0.25, -0.2) is 0 Å². The second kappa shape index (κ2) is 8.42. The Labute approximate surface area is 176 Å². The molecule has 0 aliphatic carbocycles. The Morgan fingerprint density at radius 1 is 1.13 bits per heavy atom. The fourth-order valence-corrected chi connectivity index (χ4v) is 3.87. The molecule has 168 valence electrons. The van der Waals surface area contributed by atoms with Crippen LogP contribution in [0.25, 0.3) is 0 Å². The predicted octanol–water partition coefficient (Wildman–Crippen LogP) is 0.755. The zero-order chi connectivity index (χ0) is 22.2. The summed E-state index contributed by atoms with van der Waals surface area (Å²) in [5.74, 6) is -1.53. The number of amides is 1. The first-order valence-corrected chi connectivity index (χ1v) is 10.0. The third-order valence-electron chi connectivity index (χ3n) is 5.64. The maximum Gasteiger partial charge on any atom is 0.451 e. The molecule has 0 unspecified atom stereocenters. The Morgan fingerprint density at radius 2 is 1.87 bits per heavy atom. The Bertz CT molecular complexity index is 1030. The van der Waals surface area contributed by atoms with Gasteiger partial charge in [-0.3, -0.25) is 14.5 Å². The average Bonchev–Trinajstić information content (AvgIpc) is 3.18. The molecule has 0 aromatic carbocycles. The second-order valence-electron chi connectivity index (χ2n) is 7.64. The SMILES string of the molecule is Cc1ccn(CCN2CCOCC2)c(=O)c1C(=O)N1CCn2c(nnc2C(F)(F)F)C1. The van der Waals surface area contributed by atoms with Crippen LogP contribution in [0, 0.1) is 6.92 Å². The number of hydrogen-bond donors (Lipinski definition) is 0. The molecule has 31 heavy (non-hydrogen) atoms. The van der Waals surface area contributed by atoms with E-state index in [1.165, 1.54) is 9.47 Å². The van der Waals surface area contributed by atoms with Crippen LogP contribution in [0.1, 0.15) is 27.6 Å². The first-order valence-electron chi connectivity index (χ1n) is 10.0. The van der Waals surface area contributed by atoms with E-state index in [1.54, 1.807) is 19.2 Å². The molecule has 4 rings (SSSR count). The molecule has 9 nitrogen and oxygen atoms in total. The van der Waals surface area contributed by atoms with E-state index in [0.29, 0.717) is 31.9 Å². The van der Waals surface area contributed by atoms with Crippen molar-refractivity contribution >= 4 is 5.91 Å². The van der Waals surface area contributed by atoms with Crippen LogP contribution in [0.15, 0.2) is 17.1 Å². The summed E-state index contributed by atoms with van der Waals surface area (Å²) in [6.45, 7) is 5.48. The molecule has 0 spiro atoms. The highest BCUT2D eigenvalue weighted by Gasteiger charge is 2.40. The highest BCUT2D eigenvalue weighted by atomic mass is 19.4. The summed E-state index contributed by atoms with van der Waals surface area (Å²) >= 11 is 0. The number of morpholine rings is 1. The van der Waals surface area contributed by atoms with Gasteiger partial charge in [0.05, 0.1) is 19.8 Å².